The van der Waals surface area contributed by atoms with Gasteiger partial charge in [0.15, 0.2) is 0 Å². The van der Waals surface area contributed by atoms with Crippen LogP contribution in [0.5, 0.6) is 0 Å². The topological polar surface area (TPSA) is 0 Å². The molecule has 0 fully saturated rings. The van der Waals surface area contributed by atoms with Gasteiger partial charge >= 0.3 is 0 Å². The first-order valence-corrected chi connectivity index (χ1v) is 7.10. The van der Waals surface area contributed by atoms with Gasteiger partial charge in [-0.25, -0.2) is 0 Å². The zero-order chi connectivity index (χ0) is 13.2. The van der Waals surface area contributed by atoms with Gasteiger partial charge in [-0.2, -0.15) is 0 Å². The van der Waals surface area contributed by atoms with Crippen LogP contribution in [0, 0.1) is 0 Å². The van der Waals surface area contributed by atoms with E-state index in [2.05, 4.69) is 69.7 Å². The molecule has 0 aliphatic carbocycles. The fourth-order valence-electron chi connectivity index (χ4n) is 3.03. The Morgan fingerprint density at radius 2 is 1.37 bits per heavy atom. The molecule has 0 nitrogen and oxygen atoms in total. The standard InChI is InChI=1S/C18H18B/c1-3-13-14-9-5-6-10-15(14)16-11-7-8-12-18(16)19-17(13)4-2/h5-12H,3-4H2,1-2H3/q-1. The van der Waals surface area contributed by atoms with Crippen LogP contribution in [0.1, 0.15) is 32.3 Å². The van der Waals surface area contributed by atoms with Crippen molar-refractivity contribution in [3.63, 3.8) is 0 Å². The van der Waals surface area contributed by atoms with E-state index in [4.69, 9.17) is 0 Å². The second-order valence-corrected chi connectivity index (χ2v) is 4.99. The van der Waals surface area contributed by atoms with Gasteiger partial charge in [0, 0.05) is 0 Å². The van der Waals surface area contributed by atoms with Crippen LogP contribution in [0.25, 0.3) is 16.7 Å². The third-order valence-electron chi connectivity index (χ3n) is 3.95. The number of hydrogen-bond acceptors (Lipinski definition) is 0. The molecule has 0 spiro atoms. The van der Waals surface area contributed by atoms with Crippen LogP contribution in [0.4, 0.5) is 0 Å². The van der Waals surface area contributed by atoms with Crippen molar-refractivity contribution in [2.45, 2.75) is 26.7 Å². The van der Waals surface area contributed by atoms with E-state index in [0.29, 0.717) is 0 Å². The second kappa shape index (κ2) is 5.09. The quantitative estimate of drug-likeness (QED) is 0.694. The van der Waals surface area contributed by atoms with Gasteiger partial charge in [-0.15, -0.1) is 6.07 Å². The molecule has 0 unspecified atom stereocenters. The maximum atomic E-state index is 2.37. The molecule has 0 atom stereocenters. The third kappa shape index (κ3) is 2.04. The number of allylic oxidation sites excluding steroid dienone is 2. The van der Waals surface area contributed by atoms with Gasteiger partial charge in [-0.05, 0) is 17.5 Å². The Hall–Kier alpha value is -1.76. The number of fused-ring (bicyclic) bond motifs is 3. The minimum absolute atomic E-state index is 1.09. The first-order valence-electron chi connectivity index (χ1n) is 7.10. The molecule has 0 N–H and O–H groups in total. The van der Waals surface area contributed by atoms with Crippen LogP contribution in [-0.2, 0) is 0 Å². The van der Waals surface area contributed by atoms with Crippen molar-refractivity contribution in [1.82, 2.24) is 0 Å². The summed E-state index contributed by atoms with van der Waals surface area (Å²) < 4.78 is 0. The summed E-state index contributed by atoms with van der Waals surface area (Å²) in [5, 5.41) is 0. The maximum Gasteiger partial charge on any atom is -0.0144 e. The molecule has 1 aliphatic heterocycles. The van der Waals surface area contributed by atoms with Crippen LogP contribution in [-0.4, -0.2) is 7.28 Å². The summed E-state index contributed by atoms with van der Waals surface area (Å²) in [5.41, 5.74) is 8.44. The molecule has 1 aliphatic rings. The Morgan fingerprint density at radius 1 is 0.737 bits per heavy atom. The molecule has 0 bridgehead atoms. The minimum Gasteiger partial charge on any atom is -0.293 e. The summed E-state index contributed by atoms with van der Waals surface area (Å²) >= 11 is 0. The lowest BCUT2D eigenvalue weighted by atomic mass is 9.60. The first-order chi connectivity index (χ1) is 9.35. The van der Waals surface area contributed by atoms with Crippen molar-refractivity contribution in [2.24, 2.45) is 0 Å². The summed E-state index contributed by atoms with van der Waals surface area (Å²) in [4.78, 5) is 0. The molecule has 0 saturated heterocycles. The summed E-state index contributed by atoms with van der Waals surface area (Å²) in [5.74, 6) is 0. The molecular formula is C18H18B-. The second-order valence-electron chi connectivity index (χ2n) is 4.99. The molecule has 1 heteroatoms. The van der Waals surface area contributed by atoms with Gasteiger partial charge in [0.2, 0.25) is 0 Å². The fraction of sp³-hybridized carbons (Fsp3) is 0.222. The van der Waals surface area contributed by atoms with Crippen molar-refractivity contribution >= 4 is 18.3 Å². The highest BCUT2D eigenvalue weighted by Crippen LogP contribution is 2.34. The highest BCUT2D eigenvalue weighted by Gasteiger charge is 2.11. The van der Waals surface area contributed by atoms with E-state index in [1.807, 2.05) is 0 Å². The minimum atomic E-state index is 1.09. The van der Waals surface area contributed by atoms with E-state index < -0.39 is 0 Å². The number of benzene rings is 2. The Morgan fingerprint density at radius 3 is 2.05 bits per heavy atom. The van der Waals surface area contributed by atoms with Gasteiger partial charge in [0.1, 0.15) is 0 Å². The zero-order valence-corrected chi connectivity index (χ0v) is 11.6. The predicted molar refractivity (Wildman–Crippen MR) is 84.8 cm³/mol. The van der Waals surface area contributed by atoms with Crippen molar-refractivity contribution in [1.29, 1.82) is 0 Å². The van der Waals surface area contributed by atoms with Gasteiger partial charge in [0.25, 0.3) is 0 Å². The monoisotopic (exact) mass is 245 g/mol. The fourth-order valence-corrected chi connectivity index (χ4v) is 3.03. The van der Waals surface area contributed by atoms with Crippen LogP contribution in [0.2, 0.25) is 0 Å². The van der Waals surface area contributed by atoms with Crippen molar-refractivity contribution in [3.8, 4) is 11.1 Å². The van der Waals surface area contributed by atoms with Crippen LogP contribution < -0.4 is 5.46 Å². The van der Waals surface area contributed by atoms with Crippen molar-refractivity contribution in [3.05, 3.63) is 59.6 Å². The molecule has 19 heavy (non-hydrogen) atoms. The molecule has 2 aromatic carbocycles. The summed E-state index contributed by atoms with van der Waals surface area (Å²) in [6.45, 7) is 4.50. The number of rotatable bonds is 2. The summed E-state index contributed by atoms with van der Waals surface area (Å²) in [7, 11) is 2.37. The predicted octanol–water partition coefficient (Wildman–Crippen LogP) is 4.23. The zero-order valence-electron chi connectivity index (χ0n) is 11.6. The normalized spacial score (nSPS) is 13.8. The molecule has 94 valence electrons. The van der Waals surface area contributed by atoms with E-state index in [1.54, 1.807) is 0 Å². The largest absolute Gasteiger partial charge is 0.293 e. The Kier molecular flexibility index (Phi) is 3.29. The summed E-state index contributed by atoms with van der Waals surface area (Å²) in [6.07, 6.45) is 2.18. The van der Waals surface area contributed by atoms with Crippen LogP contribution in [0.15, 0.2) is 54.0 Å². The summed E-state index contributed by atoms with van der Waals surface area (Å²) in [6, 6.07) is 17.5. The average molecular weight is 245 g/mol. The average Bonchev–Trinajstić information content (AvgIpc) is 2.61. The van der Waals surface area contributed by atoms with E-state index in [0.717, 1.165) is 12.8 Å². The Labute approximate surface area is 116 Å². The van der Waals surface area contributed by atoms with E-state index in [9.17, 15) is 0 Å². The third-order valence-corrected chi connectivity index (χ3v) is 3.95. The molecule has 0 amide bonds. The molecule has 2 aromatic rings. The smallest absolute Gasteiger partial charge is 0.0144 e. The van der Waals surface area contributed by atoms with Crippen LogP contribution >= 0.6 is 0 Å². The van der Waals surface area contributed by atoms with E-state index in [1.165, 1.54) is 33.2 Å². The van der Waals surface area contributed by atoms with E-state index >= 15 is 0 Å². The lowest BCUT2D eigenvalue weighted by Gasteiger charge is -2.24. The maximum absolute atomic E-state index is 2.37. The van der Waals surface area contributed by atoms with Gasteiger partial charge in [-0.1, -0.05) is 73.9 Å². The highest BCUT2D eigenvalue weighted by atomic mass is 14.2. The number of hydrogen-bond donors (Lipinski definition) is 0. The van der Waals surface area contributed by atoms with Gasteiger partial charge < -0.3 is 0 Å². The molecule has 0 aromatic heterocycles. The first kappa shape index (κ1) is 12.3. The molecule has 1 heterocycles. The van der Waals surface area contributed by atoms with Gasteiger partial charge in [-0.3, -0.25) is 18.2 Å². The molecular weight excluding hydrogens is 227 g/mol. The van der Waals surface area contributed by atoms with Gasteiger partial charge in [0.05, 0.1) is 0 Å². The highest BCUT2D eigenvalue weighted by molar-refractivity contribution is 6.64. The molecule has 2 radical (unpaired) electrons. The SMILES string of the molecule is CCC1=C(CC)c2ccccc2-c2ccccc2[B-]1. The van der Waals surface area contributed by atoms with E-state index in [-0.39, 0.29) is 0 Å². The van der Waals surface area contributed by atoms with Crippen molar-refractivity contribution in [2.75, 3.05) is 0 Å². The van der Waals surface area contributed by atoms with Crippen LogP contribution in [0.3, 0.4) is 0 Å². The Bertz CT molecular complexity index is 638. The Balaban J connectivity index is 2.34. The molecule has 3 rings (SSSR count). The lowest BCUT2D eigenvalue weighted by Crippen LogP contribution is -2.17. The van der Waals surface area contributed by atoms with Crippen molar-refractivity contribution < 1.29 is 0 Å². The lowest BCUT2D eigenvalue weighted by molar-refractivity contribution is 1.15. The molecule has 0 saturated carbocycles.